The summed E-state index contributed by atoms with van der Waals surface area (Å²) >= 11 is 0. The maximum Gasteiger partial charge on any atom is 0.261 e. The highest BCUT2D eigenvalue weighted by Gasteiger charge is 2.26. The number of aromatic nitrogens is 5. The summed E-state index contributed by atoms with van der Waals surface area (Å²) in [5.74, 6) is 0.172. The van der Waals surface area contributed by atoms with Gasteiger partial charge in [-0.25, -0.2) is 14.4 Å². The van der Waals surface area contributed by atoms with Crippen molar-refractivity contribution < 1.29 is 9.13 Å². The van der Waals surface area contributed by atoms with Crippen molar-refractivity contribution in [1.29, 1.82) is 0 Å². The molecule has 0 spiro atoms. The predicted molar refractivity (Wildman–Crippen MR) is 123 cm³/mol. The molecule has 1 aliphatic rings. The molecule has 170 valence electrons. The third-order valence-corrected chi connectivity index (χ3v) is 6.13. The van der Waals surface area contributed by atoms with Crippen LogP contribution >= 0.6 is 0 Å². The maximum atomic E-state index is 15.0. The van der Waals surface area contributed by atoms with E-state index in [1.165, 1.54) is 10.5 Å². The Labute approximate surface area is 190 Å². The Morgan fingerprint density at radius 1 is 1.15 bits per heavy atom. The van der Waals surface area contributed by atoms with Crippen LogP contribution in [0.5, 0.6) is 0 Å². The molecule has 0 unspecified atom stereocenters. The van der Waals surface area contributed by atoms with Crippen molar-refractivity contribution in [3.63, 3.8) is 0 Å². The molecule has 4 heterocycles. The summed E-state index contributed by atoms with van der Waals surface area (Å²) in [7, 11) is 1.86. The Morgan fingerprint density at radius 2 is 1.97 bits per heavy atom. The van der Waals surface area contributed by atoms with E-state index in [-0.39, 0.29) is 11.7 Å². The first-order valence-corrected chi connectivity index (χ1v) is 10.8. The van der Waals surface area contributed by atoms with Gasteiger partial charge in [-0.1, -0.05) is 6.07 Å². The number of morpholine rings is 1. The number of fused-ring (bicyclic) bond motifs is 1. The van der Waals surface area contributed by atoms with Crippen LogP contribution < -0.4 is 10.5 Å². The van der Waals surface area contributed by atoms with Gasteiger partial charge in [0, 0.05) is 42.2 Å². The monoisotopic (exact) mass is 448 g/mol. The number of benzene rings is 1. The fraction of sp³-hybridized carbons (Fsp3) is 0.333. The van der Waals surface area contributed by atoms with E-state index in [9.17, 15) is 4.79 Å². The van der Waals surface area contributed by atoms with Crippen LogP contribution in [-0.4, -0.2) is 43.8 Å². The molecule has 0 N–H and O–H groups in total. The quantitative estimate of drug-likeness (QED) is 0.479. The Kier molecular flexibility index (Phi) is 5.20. The zero-order valence-corrected chi connectivity index (χ0v) is 19.0. The van der Waals surface area contributed by atoms with Crippen molar-refractivity contribution in [3.05, 3.63) is 75.3 Å². The van der Waals surface area contributed by atoms with Crippen molar-refractivity contribution >= 4 is 11.5 Å². The van der Waals surface area contributed by atoms with E-state index in [2.05, 4.69) is 15.0 Å². The van der Waals surface area contributed by atoms with Gasteiger partial charge in [0.05, 0.1) is 25.5 Å². The van der Waals surface area contributed by atoms with Crippen molar-refractivity contribution in [1.82, 2.24) is 24.1 Å². The average Bonchev–Trinajstić information content (AvgIpc) is 3.24. The number of rotatable bonds is 3. The first-order valence-electron chi connectivity index (χ1n) is 10.8. The molecule has 8 nitrogen and oxygen atoms in total. The van der Waals surface area contributed by atoms with E-state index < -0.39 is 5.82 Å². The summed E-state index contributed by atoms with van der Waals surface area (Å²) in [6.45, 7) is 6.98. The van der Waals surface area contributed by atoms with Crippen molar-refractivity contribution in [3.8, 4) is 11.3 Å². The number of anilines is 1. The molecule has 9 heteroatoms. The van der Waals surface area contributed by atoms with Crippen molar-refractivity contribution in [2.24, 2.45) is 7.05 Å². The first kappa shape index (κ1) is 21.3. The van der Waals surface area contributed by atoms with Crippen LogP contribution in [0.1, 0.15) is 28.5 Å². The van der Waals surface area contributed by atoms with E-state index in [1.54, 1.807) is 37.0 Å². The largest absolute Gasteiger partial charge is 0.370 e. The lowest BCUT2D eigenvalue weighted by Gasteiger charge is -2.33. The van der Waals surface area contributed by atoms with E-state index >= 15 is 4.39 Å². The lowest BCUT2D eigenvalue weighted by molar-refractivity contribution is 0.0394. The van der Waals surface area contributed by atoms with Crippen molar-refractivity contribution in [2.75, 3.05) is 24.6 Å². The molecule has 1 atom stereocenters. The molecule has 1 aliphatic heterocycles. The molecule has 0 bridgehead atoms. The Hall–Kier alpha value is -3.59. The molecule has 1 saturated heterocycles. The van der Waals surface area contributed by atoms with Crippen LogP contribution in [0.4, 0.5) is 10.2 Å². The molecule has 1 fully saturated rings. The minimum Gasteiger partial charge on any atom is -0.370 e. The number of hydrogen-bond donors (Lipinski definition) is 0. The third kappa shape index (κ3) is 3.78. The van der Waals surface area contributed by atoms with Gasteiger partial charge in [0.25, 0.3) is 5.56 Å². The minimum absolute atomic E-state index is 0.181. The van der Waals surface area contributed by atoms with Gasteiger partial charge in [0.2, 0.25) is 0 Å². The van der Waals surface area contributed by atoms with Gasteiger partial charge >= 0.3 is 0 Å². The van der Waals surface area contributed by atoms with Gasteiger partial charge in [0.15, 0.2) is 5.65 Å². The summed E-state index contributed by atoms with van der Waals surface area (Å²) < 4.78 is 24.2. The average molecular weight is 449 g/mol. The van der Waals surface area contributed by atoms with Crippen LogP contribution in [0.3, 0.4) is 0 Å². The number of halogens is 1. The van der Waals surface area contributed by atoms with Gasteiger partial charge in [-0.05, 0) is 38.5 Å². The highest BCUT2D eigenvalue weighted by Crippen LogP contribution is 2.30. The van der Waals surface area contributed by atoms with Crippen LogP contribution in [0.25, 0.3) is 16.9 Å². The van der Waals surface area contributed by atoms with Crippen LogP contribution in [0.15, 0.2) is 41.6 Å². The third-order valence-electron chi connectivity index (χ3n) is 6.13. The standard InChI is InChI=1S/C24H25FN6O2/c1-14-5-6-18(19(25)9-14)22-23-27-16(3)15(2)24(32)31(23)13-21(28-22)30-7-8-33-20(12-30)17-10-26-29(4)11-17/h5-6,9-11,13,20H,7-8,12H2,1-4H3/t20-/m1/s1. The molecule has 0 radical (unpaired) electrons. The van der Waals surface area contributed by atoms with Gasteiger partial charge in [-0.3, -0.25) is 13.9 Å². The smallest absolute Gasteiger partial charge is 0.261 e. The van der Waals surface area contributed by atoms with Gasteiger partial charge < -0.3 is 9.64 Å². The molecule has 3 aromatic heterocycles. The van der Waals surface area contributed by atoms with E-state index in [0.717, 1.165) is 11.1 Å². The van der Waals surface area contributed by atoms with Gasteiger partial charge in [0.1, 0.15) is 23.4 Å². The molecule has 4 aromatic rings. The Bertz CT molecular complexity index is 1430. The molecule has 0 aliphatic carbocycles. The SMILES string of the molecule is Cc1ccc(-c2nc(N3CCO[C@@H](c4cnn(C)c4)C3)cn3c(=O)c(C)c(C)nc23)c(F)c1. The second kappa shape index (κ2) is 8.08. The highest BCUT2D eigenvalue weighted by atomic mass is 19.1. The topological polar surface area (TPSA) is 77.5 Å². The van der Waals surface area contributed by atoms with E-state index in [1.807, 2.05) is 26.2 Å². The summed E-state index contributed by atoms with van der Waals surface area (Å²) in [4.78, 5) is 24.6. The first-order chi connectivity index (χ1) is 15.8. The number of ether oxygens (including phenoxy) is 1. The molecule has 1 aromatic carbocycles. The highest BCUT2D eigenvalue weighted by molar-refractivity contribution is 5.76. The second-order valence-electron chi connectivity index (χ2n) is 8.50. The van der Waals surface area contributed by atoms with Gasteiger partial charge in [-0.2, -0.15) is 5.10 Å². The molecule has 0 saturated carbocycles. The van der Waals surface area contributed by atoms with Crippen molar-refractivity contribution in [2.45, 2.75) is 26.9 Å². The lowest BCUT2D eigenvalue weighted by Crippen LogP contribution is -2.39. The molecular weight excluding hydrogens is 423 g/mol. The lowest BCUT2D eigenvalue weighted by atomic mass is 10.1. The predicted octanol–water partition coefficient (Wildman–Crippen LogP) is 3.13. The number of hydrogen-bond acceptors (Lipinski definition) is 6. The van der Waals surface area contributed by atoms with Gasteiger partial charge in [-0.15, -0.1) is 0 Å². The second-order valence-corrected chi connectivity index (χ2v) is 8.50. The minimum atomic E-state index is -0.399. The summed E-state index contributed by atoms with van der Waals surface area (Å²) in [6.07, 6.45) is 5.22. The fourth-order valence-electron chi connectivity index (χ4n) is 4.13. The molecular formula is C24H25FN6O2. The van der Waals surface area contributed by atoms with E-state index in [0.29, 0.717) is 53.7 Å². The zero-order valence-electron chi connectivity index (χ0n) is 19.0. The Balaban J connectivity index is 1.67. The summed E-state index contributed by atoms with van der Waals surface area (Å²) in [5, 5.41) is 4.24. The molecule has 33 heavy (non-hydrogen) atoms. The maximum absolute atomic E-state index is 15.0. The van der Waals surface area contributed by atoms with Crippen LogP contribution in [-0.2, 0) is 11.8 Å². The number of nitrogens with zero attached hydrogens (tertiary/aromatic N) is 6. The summed E-state index contributed by atoms with van der Waals surface area (Å²) in [6, 6.07) is 4.98. The Morgan fingerprint density at radius 3 is 2.70 bits per heavy atom. The molecule has 0 amide bonds. The normalized spacial score (nSPS) is 16.5. The zero-order chi connectivity index (χ0) is 23.3. The fourth-order valence-corrected chi connectivity index (χ4v) is 4.13. The molecule has 5 rings (SSSR count). The van der Waals surface area contributed by atoms with Crippen LogP contribution in [0, 0.1) is 26.6 Å². The van der Waals surface area contributed by atoms with Crippen LogP contribution in [0.2, 0.25) is 0 Å². The summed E-state index contributed by atoms with van der Waals surface area (Å²) in [5.41, 5.74) is 3.74. The number of aryl methyl sites for hydroxylation is 3. The van der Waals surface area contributed by atoms with E-state index in [4.69, 9.17) is 9.72 Å².